The quantitative estimate of drug-likeness (QED) is 0.879. The Bertz CT molecular complexity index is 481. The monoisotopic (exact) mass is 257 g/mol. The molecule has 0 atom stereocenters. The summed E-state index contributed by atoms with van der Waals surface area (Å²) in [5.41, 5.74) is 7.09. The largest absolute Gasteiger partial charge is 0.339 e. The Hall–Kier alpha value is -1.86. The molecule has 0 aromatic heterocycles. The summed E-state index contributed by atoms with van der Waals surface area (Å²) in [6.45, 7) is 0. The van der Waals surface area contributed by atoms with Gasteiger partial charge in [0.05, 0.1) is 11.6 Å². The number of carbonyl (C=O) groups is 1. The number of nitrogens with two attached hydrogens (primary N) is 1. The van der Waals surface area contributed by atoms with Crippen molar-refractivity contribution in [3.8, 4) is 6.07 Å². The van der Waals surface area contributed by atoms with E-state index in [-0.39, 0.29) is 18.0 Å². The second kappa shape index (κ2) is 5.85. The van der Waals surface area contributed by atoms with E-state index in [9.17, 15) is 4.79 Å². The van der Waals surface area contributed by atoms with Gasteiger partial charge in [0.25, 0.3) is 5.91 Å². The molecule has 0 spiro atoms. The molecule has 1 saturated carbocycles. The first-order valence-corrected chi connectivity index (χ1v) is 6.64. The first-order valence-electron chi connectivity index (χ1n) is 6.64. The van der Waals surface area contributed by atoms with Gasteiger partial charge in [-0.2, -0.15) is 5.26 Å². The van der Waals surface area contributed by atoms with Crippen molar-refractivity contribution in [2.24, 2.45) is 5.73 Å². The van der Waals surface area contributed by atoms with E-state index in [0.717, 1.165) is 25.7 Å². The number of amides is 1. The van der Waals surface area contributed by atoms with Crippen LogP contribution >= 0.6 is 0 Å². The maximum absolute atomic E-state index is 12.3. The van der Waals surface area contributed by atoms with Crippen LogP contribution in [0, 0.1) is 11.3 Å². The number of benzene rings is 1. The molecule has 1 fully saturated rings. The van der Waals surface area contributed by atoms with Crippen LogP contribution in [-0.2, 0) is 0 Å². The number of nitriles is 1. The van der Waals surface area contributed by atoms with Gasteiger partial charge in [-0.25, -0.2) is 0 Å². The maximum Gasteiger partial charge on any atom is 0.253 e. The van der Waals surface area contributed by atoms with Gasteiger partial charge in [0.2, 0.25) is 0 Å². The van der Waals surface area contributed by atoms with Crippen LogP contribution in [0.5, 0.6) is 0 Å². The summed E-state index contributed by atoms with van der Waals surface area (Å²) in [7, 11) is 1.85. The predicted molar refractivity (Wildman–Crippen MR) is 73.5 cm³/mol. The Balaban J connectivity index is 2.04. The Labute approximate surface area is 113 Å². The highest BCUT2D eigenvalue weighted by Crippen LogP contribution is 2.22. The average Bonchev–Trinajstić information content (AvgIpc) is 2.46. The van der Waals surface area contributed by atoms with Crippen molar-refractivity contribution in [2.75, 3.05) is 7.05 Å². The fourth-order valence-corrected chi connectivity index (χ4v) is 2.55. The van der Waals surface area contributed by atoms with Gasteiger partial charge in [-0.15, -0.1) is 0 Å². The highest BCUT2D eigenvalue weighted by atomic mass is 16.2. The lowest BCUT2D eigenvalue weighted by atomic mass is 9.90. The molecule has 1 aliphatic rings. The molecule has 1 aliphatic carbocycles. The van der Waals surface area contributed by atoms with E-state index in [1.165, 1.54) is 0 Å². The van der Waals surface area contributed by atoms with Crippen LogP contribution < -0.4 is 5.73 Å². The Morgan fingerprint density at radius 3 is 2.37 bits per heavy atom. The first kappa shape index (κ1) is 13.6. The fourth-order valence-electron chi connectivity index (χ4n) is 2.55. The minimum atomic E-state index is 0.0185. The number of carbonyl (C=O) groups excluding carboxylic acids is 1. The summed E-state index contributed by atoms with van der Waals surface area (Å²) in [6.07, 6.45) is 3.91. The molecule has 2 N–H and O–H groups in total. The second-order valence-electron chi connectivity index (χ2n) is 5.17. The third kappa shape index (κ3) is 3.12. The van der Waals surface area contributed by atoms with Crippen LogP contribution in [0.25, 0.3) is 0 Å². The van der Waals surface area contributed by atoms with Crippen LogP contribution in [0.2, 0.25) is 0 Å². The molecule has 0 saturated heterocycles. The van der Waals surface area contributed by atoms with Crippen molar-refractivity contribution in [1.29, 1.82) is 5.26 Å². The van der Waals surface area contributed by atoms with E-state index in [1.807, 2.05) is 11.9 Å². The van der Waals surface area contributed by atoms with Crippen LogP contribution in [0.15, 0.2) is 24.3 Å². The Morgan fingerprint density at radius 1 is 1.26 bits per heavy atom. The van der Waals surface area contributed by atoms with Crippen molar-refractivity contribution in [2.45, 2.75) is 37.8 Å². The molecule has 1 amide bonds. The molecule has 19 heavy (non-hydrogen) atoms. The van der Waals surface area contributed by atoms with Gasteiger partial charge >= 0.3 is 0 Å². The lowest BCUT2D eigenvalue weighted by Gasteiger charge is -2.33. The van der Waals surface area contributed by atoms with Gasteiger partial charge in [0, 0.05) is 24.7 Å². The third-order valence-electron chi connectivity index (χ3n) is 3.87. The zero-order chi connectivity index (χ0) is 13.8. The van der Waals surface area contributed by atoms with E-state index in [4.69, 9.17) is 11.0 Å². The van der Waals surface area contributed by atoms with Gasteiger partial charge in [0.1, 0.15) is 0 Å². The van der Waals surface area contributed by atoms with Crippen LogP contribution in [-0.4, -0.2) is 29.9 Å². The number of hydrogen-bond donors (Lipinski definition) is 1. The molecule has 0 radical (unpaired) electrons. The SMILES string of the molecule is CN(C(=O)c1ccc(C#N)cc1)C1CCC(N)CC1. The summed E-state index contributed by atoms with van der Waals surface area (Å²) in [5.74, 6) is 0.0185. The van der Waals surface area contributed by atoms with Gasteiger partial charge in [0.15, 0.2) is 0 Å². The maximum atomic E-state index is 12.3. The molecule has 1 aromatic rings. The van der Waals surface area contributed by atoms with Crippen molar-refractivity contribution >= 4 is 5.91 Å². The Morgan fingerprint density at radius 2 is 1.84 bits per heavy atom. The van der Waals surface area contributed by atoms with Crippen molar-refractivity contribution in [3.63, 3.8) is 0 Å². The van der Waals surface area contributed by atoms with Crippen LogP contribution in [0.1, 0.15) is 41.6 Å². The summed E-state index contributed by atoms with van der Waals surface area (Å²) in [6, 6.07) is 9.40. The van der Waals surface area contributed by atoms with Crippen LogP contribution in [0.4, 0.5) is 0 Å². The zero-order valence-corrected chi connectivity index (χ0v) is 11.2. The smallest absolute Gasteiger partial charge is 0.253 e. The first-order chi connectivity index (χ1) is 9.11. The molecule has 0 unspecified atom stereocenters. The summed E-state index contributed by atoms with van der Waals surface area (Å²) in [4.78, 5) is 14.1. The van der Waals surface area contributed by atoms with Crippen molar-refractivity contribution in [3.05, 3.63) is 35.4 Å². The van der Waals surface area contributed by atoms with E-state index in [0.29, 0.717) is 11.1 Å². The average molecular weight is 257 g/mol. The predicted octanol–water partition coefficient (Wildman–Crippen LogP) is 1.90. The van der Waals surface area contributed by atoms with Gasteiger partial charge in [-0.05, 0) is 49.9 Å². The molecule has 0 heterocycles. The molecule has 0 aliphatic heterocycles. The Kier molecular flexibility index (Phi) is 4.18. The minimum absolute atomic E-state index is 0.0185. The fraction of sp³-hybridized carbons (Fsp3) is 0.467. The standard InChI is InChI=1S/C15H19N3O/c1-18(14-8-6-13(17)7-9-14)15(19)12-4-2-11(10-16)3-5-12/h2-5,13-14H,6-9,17H2,1H3. The summed E-state index contributed by atoms with van der Waals surface area (Å²) < 4.78 is 0. The third-order valence-corrected chi connectivity index (χ3v) is 3.87. The van der Waals surface area contributed by atoms with Crippen molar-refractivity contribution in [1.82, 2.24) is 4.90 Å². The van der Waals surface area contributed by atoms with Crippen molar-refractivity contribution < 1.29 is 4.79 Å². The van der Waals surface area contributed by atoms with Crippen LogP contribution in [0.3, 0.4) is 0 Å². The molecule has 4 heteroatoms. The molecular weight excluding hydrogens is 238 g/mol. The van der Waals surface area contributed by atoms with Gasteiger partial charge in [-0.3, -0.25) is 4.79 Å². The van der Waals surface area contributed by atoms with Gasteiger partial charge in [-0.1, -0.05) is 0 Å². The second-order valence-corrected chi connectivity index (χ2v) is 5.17. The molecular formula is C15H19N3O. The molecule has 2 rings (SSSR count). The van der Waals surface area contributed by atoms with E-state index < -0.39 is 0 Å². The highest BCUT2D eigenvalue weighted by molar-refractivity contribution is 5.94. The summed E-state index contributed by atoms with van der Waals surface area (Å²) >= 11 is 0. The van der Waals surface area contributed by atoms with E-state index in [1.54, 1.807) is 24.3 Å². The lowest BCUT2D eigenvalue weighted by molar-refractivity contribution is 0.0690. The molecule has 100 valence electrons. The molecule has 1 aromatic carbocycles. The number of hydrogen-bond acceptors (Lipinski definition) is 3. The van der Waals surface area contributed by atoms with Gasteiger partial charge < -0.3 is 10.6 Å². The normalized spacial score (nSPS) is 22.6. The lowest BCUT2D eigenvalue weighted by Crippen LogP contribution is -2.41. The summed E-state index contributed by atoms with van der Waals surface area (Å²) in [5, 5.41) is 8.75. The molecule has 4 nitrogen and oxygen atoms in total. The zero-order valence-electron chi connectivity index (χ0n) is 11.2. The minimum Gasteiger partial charge on any atom is -0.339 e. The van der Waals surface area contributed by atoms with E-state index >= 15 is 0 Å². The molecule has 0 bridgehead atoms. The number of rotatable bonds is 2. The topological polar surface area (TPSA) is 70.1 Å². The highest BCUT2D eigenvalue weighted by Gasteiger charge is 2.25. The van der Waals surface area contributed by atoms with E-state index in [2.05, 4.69) is 6.07 Å². The number of nitrogens with zero attached hydrogens (tertiary/aromatic N) is 2.